The summed E-state index contributed by atoms with van der Waals surface area (Å²) in [6.45, 7) is 8.30. The van der Waals surface area contributed by atoms with Gasteiger partial charge >= 0.3 is 0 Å². The molecule has 0 amide bonds. The van der Waals surface area contributed by atoms with Crippen molar-refractivity contribution in [1.82, 2.24) is 5.32 Å². The summed E-state index contributed by atoms with van der Waals surface area (Å²) in [5.74, 6) is 0. The molecular weight excluding hydrogens is 244 g/mol. The lowest BCUT2D eigenvalue weighted by Crippen LogP contribution is -2.41. The number of nitrogens with one attached hydrogen (secondary N) is 1. The van der Waals surface area contributed by atoms with Crippen LogP contribution >= 0.6 is 0 Å². The summed E-state index contributed by atoms with van der Waals surface area (Å²) < 4.78 is 0. The summed E-state index contributed by atoms with van der Waals surface area (Å²) in [5.41, 5.74) is 3.35. The topological polar surface area (TPSA) is 15.3 Å². The van der Waals surface area contributed by atoms with Gasteiger partial charge in [0.1, 0.15) is 0 Å². The highest BCUT2D eigenvalue weighted by atomic mass is 15.1. The molecule has 1 heterocycles. The monoisotopic (exact) mass is 272 g/mol. The molecule has 1 saturated carbocycles. The fourth-order valence-corrected chi connectivity index (χ4v) is 3.21. The largest absolute Gasteiger partial charge is 0.371 e. The van der Waals surface area contributed by atoms with Gasteiger partial charge in [0.25, 0.3) is 0 Å². The highest BCUT2D eigenvalue weighted by Gasteiger charge is 2.27. The average molecular weight is 272 g/mol. The van der Waals surface area contributed by atoms with Gasteiger partial charge in [0.05, 0.1) is 0 Å². The first-order valence-corrected chi connectivity index (χ1v) is 8.20. The number of hydrogen-bond donors (Lipinski definition) is 1. The number of hydrogen-bond acceptors (Lipinski definition) is 2. The third-order valence-electron chi connectivity index (χ3n) is 4.52. The molecule has 3 rings (SSSR count). The van der Waals surface area contributed by atoms with Gasteiger partial charge in [-0.15, -0.1) is 0 Å². The molecule has 1 aliphatic heterocycles. The van der Waals surface area contributed by atoms with Gasteiger partial charge < -0.3 is 10.2 Å². The molecule has 0 bridgehead atoms. The molecule has 2 aliphatic rings. The number of para-hydroxylation sites is 1. The Bertz CT molecular complexity index is 448. The lowest BCUT2D eigenvalue weighted by molar-refractivity contribution is 0.339. The predicted octanol–water partition coefficient (Wildman–Crippen LogP) is 3.61. The lowest BCUT2D eigenvalue weighted by Gasteiger charge is -2.34. The fraction of sp³-hybridized carbons (Fsp3) is 0.667. The van der Waals surface area contributed by atoms with Crippen molar-refractivity contribution in [3.8, 4) is 0 Å². The molecule has 20 heavy (non-hydrogen) atoms. The summed E-state index contributed by atoms with van der Waals surface area (Å²) in [6, 6.07) is 9.80. The van der Waals surface area contributed by atoms with Gasteiger partial charge in [0.2, 0.25) is 0 Å². The maximum Gasteiger partial charge on any atom is 0.0398 e. The Balaban J connectivity index is 1.68. The second-order valence-corrected chi connectivity index (χ2v) is 7.33. The molecule has 1 fully saturated rings. The molecule has 2 nitrogen and oxygen atoms in total. The molecule has 0 atom stereocenters. The van der Waals surface area contributed by atoms with Gasteiger partial charge in [0, 0.05) is 31.4 Å². The molecule has 0 aromatic heterocycles. The number of nitrogens with zero attached hydrogens (tertiary/aromatic N) is 1. The summed E-state index contributed by atoms with van der Waals surface area (Å²) in [7, 11) is 0. The zero-order valence-corrected chi connectivity index (χ0v) is 13.0. The van der Waals surface area contributed by atoms with Gasteiger partial charge in [-0.3, -0.25) is 0 Å². The van der Waals surface area contributed by atoms with Gasteiger partial charge in [-0.2, -0.15) is 0 Å². The number of anilines is 1. The number of aryl methyl sites for hydroxylation is 1. The highest BCUT2D eigenvalue weighted by molar-refractivity contribution is 5.54. The van der Waals surface area contributed by atoms with Crippen molar-refractivity contribution >= 4 is 5.69 Å². The van der Waals surface area contributed by atoms with Crippen molar-refractivity contribution < 1.29 is 0 Å². The third-order valence-corrected chi connectivity index (χ3v) is 4.52. The zero-order valence-electron chi connectivity index (χ0n) is 13.0. The summed E-state index contributed by atoms with van der Waals surface area (Å²) >= 11 is 0. The standard InChI is InChI=1S/C18H28N2/c1-18(2,13-19-16-10-11-16)14-20-12-6-5-8-15-7-3-4-9-17(15)20/h3-4,7,9,16,19H,5-6,8,10-14H2,1-2H3. The molecule has 0 radical (unpaired) electrons. The minimum atomic E-state index is 0.333. The maximum atomic E-state index is 3.70. The van der Waals surface area contributed by atoms with Crippen molar-refractivity contribution in [3.63, 3.8) is 0 Å². The maximum absolute atomic E-state index is 3.70. The van der Waals surface area contributed by atoms with E-state index in [1.54, 1.807) is 0 Å². The summed E-state index contributed by atoms with van der Waals surface area (Å²) in [6.07, 6.45) is 6.65. The quantitative estimate of drug-likeness (QED) is 0.881. The zero-order chi connectivity index (χ0) is 14.0. The second-order valence-electron chi connectivity index (χ2n) is 7.33. The first kappa shape index (κ1) is 13.9. The second kappa shape index (κ2) is 5.77. The molecule has 1 aromatic carbocycles. The number of fused-ring (bicyclic) bond motifs is 1. The molecule has 0 unspecified atom stereocenters. The Morgan fingerprint density at radius 3 is 2.80 bits per heavy atom. The minimum absolute atomic E-state index is 0.333. The van der Waals surface area contributed by atoms with Gasteiger partial charge in [-0.25, -0.2) is 0 Å². The van der Waals surface area contributed by atoms with E-state index >= 15 is 0 Å². The highest BCUT2D eigenvalue weighted by Crippen LogP contribution is 2.29. The van der Waals surface area contributed by atoms with Crippen LogP contribution in [0.1, 0.15) is 45.1 Å². The molecule has 2 heteroatoms. The molecular formula is C18H28N2. The van der Waals surface area contributed by atoms with Crippen LogP contribution in [-0.2, 0) is 6.42 Å². The SMILES string of the molecule is CC(C)(CNC1CC1)CN1CCCCc2ccccc21. The summed E-state index contributed by atoms with van der Waals surface area (Å²) in [4.78, 5) is 2.62. The molecule has 0 saturated heterocycles. The fourth-order valence-electron chi connectivity index (χ4n) is 3.21. The Labute approximate surface area is 123 Å². The van der Waals surface area contributed by atoms with Crippen LogP contribution in [-0.4, -0.2) is 25.7 Å². The van der Waals surface area contributed by atoms with E-state index in [-0.39, 0.29) is 0 Å². The van der Waals surface area contributed by atoms with E-state index in [1.807, 2.05) is 0 Å². The van der Waals surface area contributed by atoms with E-state index in [1.165, 1.54) is 49.9 Å². The molecule has 1 aliphatic carbocycles. The Morgan fingerprint density at radius 2 is 2.00 bits per heavy atom. The van der Waals surface area contributed by atoms with E-state index in [2.05, 4.69) is 48.3 Å². The third kappa shape index (κ3) is 3.54. The van der Waals surface area contributed by atoms with Gasteiger partial charge in [0.15, 0.2) is 0 Å². The van der Waals surface area contributed by atoms with E-state index in [9.17, 15) is 0 Å². The van der Waals surface area contributed by atoms with E-state index in [0.717, 1.165) is 19.1 Å². The van der Waals surface area contributed by atoms with Crippen LogP contribution in [0.15, 0.2) is 24.3 Å². The molecule has 0 spiro atoms. The first-order chi connectivity index (χ1) is 9.64. The Hall–Kier alpha value is -1.02. The Morgan fingerprint density at radius 1 is 1.20 bits per heavy atom. The van der Waals surface area contributed by atoms with Crippen molar-refractivity contribution in [2.75, 3.05) is 24.5 Å². The van der Waals surface area contributed by atoms with Crippen molar-refractivity contribution in [2.24, 2.45) is 5.41 Å². The number of rotatable bonds is 5. The van der Waals surface area contributed by atoms with E-state index in [4.69, 9.17) is 0 Å². The van der Waals surface area contributed by atoms with Crippen molar-refractivity contribution in [3.05, 3.63) is 29.8 Å². The van der Waals surface area contributed by atoms with Crippen LogP contribution in [0.3, 0.4) is 0 Å². The average Bonchev–Trinajstić information content (AvgIpc) is 3.24. The normalized spacial score (nSPS) is 19.6. The van der Waals surface area contributed by atoms with E-state index in [0.29, 0.717) is 5.41 Å². The van der Waals surface area contributed by atoms with Gasteiger partial charge in [-0.05, 0) is 49.1 Å². The van der Waals surface area contributed by atoms with E-state index < -0.39 is 0 Å². The summed E-state index contributed by atoms with van der Waals surface area (Å²) in [5, 5.41) is 3.70. The van der Waals surface area contributed by atoms with Crippen LogP contribution < -0.4 is 10.2 Å². The van der Waals surface area contributed by atoms with Crippen LogP contribution in [0.2, 0.25) is 0 Å². The van der Waals surface area contributed by atoms with Crippen molar-refractivity contribution in [2.45, 2.75) is 52.0 Å². The minimum Gasteiger partial charge on any atom is -0.371 e. The van der Waals surface area contributed by atoms with Gasteiger partial charge in [-0.1, -0.05) is 32.0 Å². The smallest absolute Gasteiger partial charge is 0.0398 e. The molecule has 110 valence electrons. The van der Waals surface area contributed by atoms with Crippen LogP contribution in [0.25, 0.3) is 0 Å². The molecule has 1 N–H and O–H groups in total. The van der Waals surface area contributed by atoms with Crippen LogP contribution in [0, 0.1) is 5.41 Å². The lowest BCUT2D eigenvalue weighted by atomic mass is 9.92. The number of benzene rings is 1. The first-order valence-electron chi connectivity index (χ1n) is 8.20. The van der Waals surface area contributed by atoms with Crippen LogP contribution in [0.4, 0.5) is 5.69 Å². The Kier molecular flexibility index (Phi) is 4.02. The predicted molar refractivity (Wildman–Crippen MR) is 86.4 cm³/mol. The van der Waals surface area contributed by atoms with Crippen LogP contribution in [0.5, 0.6) is 0 Å². The van der Waals surface area contributed by atoms with Crippen molar-refractivity contribution in [1.29, 1.82) is 0 Å². The molecule has 1 aromatic rings.